The number of hydrogen-bond donors (Lipinski definition) is 0. The second-order valence-corrected chi connectivity index (χ2v) is 9.77. The van der Waals surface area contributed by atoms with Gasteiger partial charge in [-0.25, -0.2) is 0 Å². The van der Waals surface area contributed by atoms with Crippen molar-refractivity contribution in [2.75, 3.05) is 19.0 Å². The summed E-state index contributed by atoms with van der Waals surface area (Å²) in [5.74, 6) is 0. The van der Waals surface area contributed by atoms with E-state index < -0.39 is 7.14 Å². The molecule has 0 heterocycles. The van der Waals surface area contributed by atoms with Crippen LogP contribution in [-0.4, -0.2) is 19.0 Å². The number of unbranched alkanes of at least 4 members (excludes halogenated alkanes) is 10. The summed E-state index contributed by atoms with van der Waals surface area (Å²) in [7, 11) is -1.80. The minimum absolute atomic E-state index is 0.994. The Hall–Kier alpha value is 0.230. The molecule has 0 unspecified atom stereocenters. The molecule has 0 aromatic rings. The Labute approximate surface area is 122 Å². The van der Waals surface area contributed by atoms with Gasteiger partial charge in [0.1, 0.15) is 0 Å². The Morgan fingerprint density at radius 2 is 0.895 bits per heavy atom. The molecule has 0 saturated heterocycles. The van der Waals surface area contributed by atoms with Crippen LogP contribution in [0.5, 0.6) is 0 Å². The van der Waals surface area contributed by atoms with E-state index in [1.807, 2.05) is 6.66 Å². The molecule has 0 amide bonds. The molecule has 2 heteroatoms. The van der Waals surface area contributed by atoms with E-state index in [2.05, 4.69) is 13.8 Å². The molecule has 0 rings (SSSR count). The third-order valence-corrected chi connectivity index (χ3v) is 6.49. The van der Waals surface area contributed by atoms with E-state index in [1.54, 1.807) is 0 Å². The highest BCUT2D eigenvalue weighted by atomic mass is 31.2. The van der Waals surface area contributed by atoms with Crippen LogP contribution in [0.2, 0.25) is 0 Å². The van der Waals surface area contributed by atoms with Gasteiger partial charge in [0.2, 0.25) is 0 Å². The Morgan fingerprint density at radius 3 is 1.26 bits per heavy atom. The molecule has 0 aliphatic rings. The second kappa shape index (κ2) is 13.2. The van der Waals surface area contributed by atoms with Crippen molar-refractivity contribution in [1.82, 2.24) is 0 Å². The first-order valence-electron chi connectivity index (χ1n) is 8.68. The standard InChI is InChI=1S/C17H37OP/c1-4-6-8-10-12-14-16-19(3,18)17-15-13-11-9-7-5-2/h4-17H2,1-3H3. The van der Waals surface area contributed by atoms with Crippen molar-refractivity contribution in [1.29, 1.82) is 0 Å². The first kappa shape index (κ1) is 19.2. The molecule has 0 atom stereocenters. The molecule has 0 aliphatic carbocycles. The van der Waals surface area contributed by atoms with Crippen molar-refractivity contribution < 1.29 is 4.57 Å². The average Bonchev–Trinajstić information content (AvgIpc) is 2.38. The van der Waals surface area contributed by atoms with Crippen LogP contribution in [-0.2, 0) is 4.57 Å². The third-order valence-electron chi connectivity index (χ3n) is 3.97. The summed E-state index contributed by atoms with van der Waals surface area (Å²) in [5.41, 5.74) is 0. The van der Waals surface area contributed by atoms with Gasteiger partial charge in [-0.15, -0.1) is 0 Å². The Kier molecular flexibility index (Phi) is 13.4. The van der Waals surface area contributed by atoms with E-state index in [4.69, 9.17) is 0 Å². The fourth-order valence-corrected chi connectivity index (χ4v) is 4.57. The molecule has 0 aliphatic heterocycles. The lowest BCUT2D eigenvalue weighted by atomic mass is 10.1. The Balaban J connectivity index is 3.39. The molecule has 0 spiro atoms. The molecule has 0 N–H and O–H groups in total. The van der Waals surface area contributed by atoms with Gasteiger partial charge in [-0.1, -0.05) is 78.1 Å². The zero-order valence-electron chi connectivity index (χ0n) is 13.8. The maximum atomic E-state index is 12.4. The molecule has 1 nitrogen and oxygen atoms in total. The summed E-state index contributed by atoms with van der Waals surface area (Å²) in [4.78, 5) is 0. The molecule has 0 aromatic heterocycles. The lowest BCUT2D eigenvalue weighted by Crippen LogP contribution is -1.95. The van der Waals surface area contributed by atoms with Crippen molar-refractivity contribution in [3.63, 3.8) is 0 Å². The van der Waals surface area contributed by atoms with Gasteiger partial charge in [0.15, 0.2) is 0 Å². The SMILES string of the molecule is CCCCCCCCP(C)(=O)CCCCCCCC. The van der Waals surface area contributed by atoms with E-state index in [-0.39, 0.29) is 0 Å². The van der Waals surface area contributed by atoms with Crippen LogP contribution >= 0.6 is 7.14 Å². The lowest BCUT2D eigenvalue weighted by molar-refractivity contribution is 0.565. The molecule has 0 fully saturated rings. The molecule has 0 bridgehead atoms. The van der Waals surface area contributed by atoms with Gasteiger partial charge >= 0.3 is 0 Å². The highest BCUT2D eigenvalue weighted by Crippen LogP contribution is 2.43. The molecular formula is C17H37OP. The quantitative estimate of drug-likeness (QED) is 0.257. The second-order valence-electron chi connectivity index (χ2n) is 6.28. The maximum Gasteiger partial charge on any atom is 0.0848 e. The van der Waals surface area contributed by atoms with Gasteiger partial charge in [0.05, 0.1) is 7.14 Å². The van der Waals surface area contributed by atoms with Crippen LogP contribution in [0.1, 0.15) is 90.9 Å². The average molecular weight is 288 g/mol. The van der Waals surface area contributed by atoms with Gasteiger partial charge in [-0.05, 0) is 19.5 Å². The van der Waals surface area contributed by atoms with Gasteiger partial charge in [-0.2, -0.15) is 0 Å². The summed E-state index contributed by atoms with van der Waals surface area (Å²) in [5, 5.41) is 0. The van der Waals surface area contributed by atoms with E-state index in [0.717, 1.165) is 12.3 Å². The smallest absolute Gasteiger partial charge is 0.0848 e. The Bertz CT molecular complexity index is 205. The van der Waals surface area contributed by atoms with Crippen LogP contribution in [0.25, 0.3) is 0 Å². The van der Waals surface area contributed by atoms with Gasteiger partial charge < -0.3 is 4.57 Å². The van der Waals surface area contributed by atoms with Gasteiger partial charge in [-0.3, -0.25) is 0 Å². The molecule has 0 radical (unpaired) electrons. The highest BCUT2D eigenvalue weighted by Gasteiger charge is 2.13. The summed E-state index contributed by atoms with van der Waals surface area (Å²) in [6.07, 6.45) is 17.7. The first-order valence-corrected chi connectivity index (χ1v) is 11.2. The Morgan fingerprint density at radius 1 is 0.579 bits per heavy atom. The largest absolute Gasteiger partial charge is 0.324 e. The van der Waals surface area contributed by atoms with E-state index in [9.17, 15) is 4.57 Å². The fourth-order valence-electron chi connectivity index (χ4n) is 2.57. The third kappa shape index (κ3) is 14.4. The summed E-state index contributed by atoms with van der Waals surface area (Å²) < 4.78 is 12.4. The molecule has 0 aromatic carbocycles. The number of hydrogen-bond acceptors (Lipinski definition) is 1. The van der Waals surface area contributed by atoms with Crippen molar-refractivity contribution >= 4 is 7.14 Å². The first-order chi connectivity index (χ1) is 9.12. The zero-order valence-corrected chi connectivity index (χ0v) is 14.6. The van der Waals surface area contributed by atoms with Crippen molar-refractivity contribution in [3.8, 4) is 0 Å². The van der Waals surface area contributed by atoms with Crippen LogP contribution < -0.4 is 0 Å². The molecule has 116 valence electrons. The van der Waals surface area contributed by atoms with Crippen molar-refractivity contribution in [2.24, 2.45) is 0 Å². The summed E-state index contributed by atoms with van der Waals surface area (Å²) >= 11 is 0. The highest BCUT2D eigenvalue weighted by molar-refractivity contribution is 7.63. The van der Waals surface area contributed by atoms with E-state index in [1.165, 1.54) is 77.0 Å². The van der Waals surface area contributed by atoms with Gasteiger partial charge in [0.25, 0.3) is 0 Å². The zero-order chi connectivity index (χ0) is 14.4. The van der Waals surface area contributed by atoms with Crippen LogP contribution in [0.15, 0.2) is 0 Å². The van der Waals surface area contributed by atoms with Crippen LogP contribution in [0.3, 0.4) is 0 Å². The van der Waals surface area contributed by atoms with Crippen molar-refractivity contribution in [3.05, 3.63) is 0 Å². The monoisotopic (exact) mass is 288 g/mol. The molecule has 0 saturated carbocycles. The van der Waals surface area contributed by atoms with Crippen LogP contribution in [0.4, 0.5) is 0 Å². The molecular weight excluding hydrogens is 251 g/mol. The van der Waals surface area contributed by atoms with Gasteiger partial charge in [0, 0.05) is 12.3 Å². The predicted molar refractivity (Wildman–Crippen MR) is 90.0 cm³/mol. The number of rotatable bonds is 14. The summed E-state index contributed by atoms with van der Waals surface area (Å²) in [6.45, 7) is 6.53. The lowest BCUT2D eigenvalue weighted by Gasteiger charge is -2.12. The maximum absolute atomic E-state index is 12.4. The summed E-state index contributed by atoms with van der Waals surface area (Å²) in [6, 6.07) is 0. The predicted octanol–water partition coefficient (Wildman–Crippen LogP) is 6.70. The minimum atomic E-state index is -1.80. The normalized spacial score (nSPS) is 11.9. The fraction of sp³-hybridized carbons (Fsp3) is 1.00. The van der Waals surface area contributed by atoms with Crippen LogP contribution in [0, 0.1) is 0 Å². The minimum Gasteiger partial charge on any atom is -0.324 e. The molecule has 19 heavy (non-hydrogen) atoms. The van der Waals surface area contributed by atoms with E-state index in [0.29, 0.717) is 0 Å². The topological polar surface area (TPSA) is 17.1 Å². The van der Waals surface area contributed by atoms with Crippen molar-refractivity contribution in [2.45, 2.75) is 90.9 Å². The van der Waals surface area contributed by atoms with E-state index >= 15 is 0 Å².